The number of esters is 1. The molecule has 0 bridgehead atoms. The van der Waals surface area contributed by atoms with E-state index in [0.29, 0.717) is 6.42 Å². The molecular weight excluding hydrogens is 166 g/mol. The highest BCUT2D eigenvalue weighted by atomic mass is 16.5. The van der Waals surface area contributed by atoms with Gasteiger partial charge in [-0.05, 0) is 5.56 Å². The van der Waals surface area contributed by atoms with Crippen molar-refractivity contribution in [2.75, 3.05) is 7.11 Å². The highest BCUT2D eigenvalue weighted by molar-refractivity contribution is 6.35. The van der Waals surface area contributed by atoms with E-state index < -0.39 is 5.97 Å². The van der Waals surface area contributed by atoms with Crippen molar-refractivity contribution in [3.63, 3.8) is 0 Å². The van der Waals surface area contributed by atoms with Crippen LogP contribution in [0.2, 0.25) is 0 Å². The van der Waals surface area contributed by atoms with Gasteiger partial charge in [0, 0.05) is 6.42 Å². The molecule has 0 amide bonds. The molecule has 0 fully saturated rings. The van der Waals surface area contributed by atoms with Gasteiger partial charge in [-0.1, -0.05) is 30.3 Å². The Kier molecular flexibility index (Phi) is 3.20. The summed E-state index contributed by atoms with van der Waals surface area (Å²) >= 11 is 0. The summed E-state index contributed by atoms with van der Waals surface area (Å²) in [5.41, 5.74) is 0.923. The van der Waals surface area contributed by atoms with E-state index in [0.717, 1.165) is 5.56 Å². The zero-order chi connectivity index (χ0) is 9.68. The molecule has 0 aromatic heterocycles. The van der Waals surface area contributed by atoms with Crippen LogP contribution in [0.15, 0.2) is 30.3 Å². The average Bonchev–Trinajstić information content (AvgIpc) is 2.18. The van der Waals surface area contributed by atoms with Crippen molar-refractivity contribution in [3.8, 4) is 0 Å². The van der Waals surface area contributed by atoms with Gasteiger partial charge in [-0.2, -0.15) is 0 Å². The maximum absolute atomic E-state index is 10.9. The largest absolute Gasteiger partial charge is 0.465 e. The van der Waals surface area contributed by atoms with Gasteiger partial charge in [-0.15, -0.1) is 0 Å². The average molecular weight is 177 g/mol. The molecule has 0 saturated carbocycles. The lowest BCUT2D eigenvalue weighted by molar-refractivity contribution is -0.132. The van der Waals surface area contributed by atoms with Crippen LogP contribution in [0.1, 0.15) is 5.56 Å². The molecule has 13 heavy (non-hydrogen) atoms. The lowest BCUT2D eigenvalue weighted by Gasteiger charge is -2.00. The molecule has 0 radical (unpaired) electrons. The monoisotopic (exact) mass is 177 g/mol. The normalized spacial score (nSPS) is 9.31. The van der Waals surface area contributed by atoms with Gasteiger partial charge in [-0.25, -0.2) is 4.79 Å². The van der Waals surface area contributed by atoms with Crippen LogP contribution in [0, 0.1) is 5.41 Å². The first kappa shape index (κ1) is 9.45. The third kappa shape index (κ3) is 2.71. The smallest absolute Gasteiger partial charge is 0.352 e. The summed E-state index contributed by atoms with van der Waals surface area (Å²) < 4.78 is 4.42. The van der Waals surface area contributed by atoms with Crippen LogP contribution in [-0.2, 0) is 16.0 Å². The zero-order valence-corrected chi connectivity index (χ0v) is 7.41. The van der Waals surface area contributed by atoms with Crippen molar-refractivity contribution in [1.82, 2.24) is 0 Å². The molecule has 1 rings (SSSR count). The minimum absolute atomic E-state index is 0.0197. The Morgan fingerprint density at radius 1 is 1.38 bits per heavy atom. The molecule has 0 spiro atoms. The molecule has 68 valence electrons. The van der Waals surface area contributed by atoms with Crippen LogP contribution >= 0.6 is 0 Å². The number of hydrogen-bond donors (Lipinski definition) is 1. The summed E-state index contributed by atoms with van der Waals surface area (Å²) in [6, 6.07) is 9.39. The van der Waals surface area contributed by atoms with Crippen LogP contribution in [0.3, 0.4) is 0 Å². The second-order valence-corrected chi connectivity index (χ2v) is 2.63. The molecule has 1 aromatic carbocycles. The number of carbonyl (C=O) groups excluding carboxylic acids is 1. The summed E-state index contributed by atoms with van der Waals surface area (Å²) in [6.07, 6.45) is 0.327. The van der Waals surface area contributed by atoms with Crippen LogP contribution in [0.5, 0.6) is 0 Å². The van der Waals surface area contributed by atoms with Crippen LogP contribution < -0.4 is 0 Å². The Morgan fingerprint density at radius 2 is 2.00 bits per heavy atom. The number of nitrogens with one attached hydrogen (secondary N) is 1. The third-order valence-corrected chi connectivity index (χ3v) is 1.66. The van der Waals surface area contributed by atoms with Crippen molar-refractivity contribution >= 4 is 11.7 Å². The molecule has 0 aliphatic heterocycles. The summed E-state index contributed by atoms with van der Waals surface area (Å²) in [4.78, 5) is 10.9. The van der Waals surface area contributed by atoms with Crippen molar-refractivity contribution in [2.24, 2.45) is 0 Å². The first-order valence-corrected chi connectivity index (χ1v) is 3.93. The standard InChI is InChI=1S/C10H11NO2/c1-13-10(12)9(11)7-8-5-3-2-4-6-8/h2-6,11H,7H2,1H3. The predicted octanol–water partition coefficient (Wildman–Crippen LogP) is 1.42. The van der Waals surface area contributed by atoms with Gasteiger partial charge in [0.05, 0.1) is 7.11 Å². The molecule has 0 aliphatic rings. The Labute approximate surface area is 76.9 Å². The van der Waals surface area contributed by atoms with Gasteiger partial charge >= 0.3 is 5.97 Å². The molecule has 0 unspecified atom stereocenters. The minimum Gasteiger partial charge on any atom is -0.465 e. The quantitative estimate of drug-likeness (QED) is 0.560. The fourth-order valence-electron chi connectivity index (χ4n) is 0.995. The van der Waals surface area contributed by atoms with Crippen molar-refractivity contribution < 1.29 is 9.53 Å². The minimum atomic E-state index is -0.566. The van der Waals surface area contributed by atoms with Gasteiger partial charge in [0.2, 0.25) is 0 Å². The number of ether oxygens (including phenoxy) is 1. The highest BCUT2D eigenvalue weighted by Crippen LogP contribution is 2.00. The first-order valence-electron chi connectivity index (χ1n) is 3.93. The second-order valence-electron chi connectivity index (χ2n) is 2.63. The molecular formula is C10H11NO2. The van der Waals surface area contributed by atoms with Crippen LogP contribution in [0.4, 0.5) is 0 Å². The fourth-order valence-corrected chi connectivity index (χ4v) is 0.995. The van der Waals surface area contributed by atoms with E-state index in [1.807, 2.05) is 30.3 Å². The lowest BCUT2D eigenvalue weighted by Crippen LogP contribution is -2.16. The SMILES string of the molecule is COC(=O)C(=N)Cc1ccccc1. The van der Waals surface area contributed by atoms with E-state index in [1.54, 1.807) is 0 Å². The zero-order valence-electron chi connectivity index (χ0n) is 7.41. The van der Waals surface area contributed by atoms with Gasteiger partial charge in [0.15, 0.2) is 0 Å². The van der Waals surface area contributed by atoms with Gasteiger partial charge in [0.1, 0.15) is 5.71 Å². The molecule has 3 nitrogen and oxygen atoms in total. The fraction of sp³-hybridized carbons (Fsp3) is 0.200. The van der Waals surface area contributed by atoms with Gasteiger partial charge in [0.25, 0.3) is 0 Å². The van der Waals surface area contributed by atoms with E-state index in [2.05, 4.69) is 4.74 Å². The third-order valence-electron chi connectivity index (χ3n) is 1.66. The van der Waals surface area contributed by atoms with E-state index in [9.17, 15) is 4.79 Å². The van der Waals surface area contributed by atoms with Crippen molar-refractivity contribution in [1.29, 1.82) is 5.41 Å². The molecule has 0 saturated heterocycles. The molecule has 0 atom stereocenters. The Balaban J connectivity index is 2.60. The van der Waals surface area contributed by atoms with Gasteiger partial charge in [-0.3, -0.25) is 5.41 Å². The van der Waals surface area contributed by atoms with Gasteiger partial charge < -0.3 is 4.74 Å². The maximum atomic E-state index is 10.9. The maximum Gasteiger partial charge on any atom is 0.352 e. The Bertz CT molecular complexity index is 306. The summed E-state index contributed by atoms with van der Waals surface area (Å²) in [7, 11) is 1.28. The van der Waals surface area contributed by atoms with Crippen LogP contribution in [-0.4, -0.2) is 18.8 Å². The van der Waals surface area contributed by atoms with E-state index in [-0.39, 0.29) is 5.71 Å². The van der Waals surface area contributed by atoms with Crippen molar-refractivity contribution in [2.45, 2.75) is 6.42 Å². The molecule has 3 heteroatoms. The van der Waals surface area contributed by atoms with Crippen LogP contribution in [0.25, 0.3) is 0 Å². The summed E-state index contributed by atoms with van der Waals surface area (Å²) in [5, 5.41) is 7.36. The number of methoxy groups -OCH3 is 1. The van der Waals surface area contributed by atoms with Crippen molar-refractivity contribution in [3.05, 3.63) is 35.9 Å². The Morgan fingerprint density at radius 3 is 2.54 bits per heavy atom. The van der Waals surface area contributed by atoms with E-state index in [1.165, 1.54) is 7.11 Å². The molecule has 1 N–H and O–H groups in total. The molecule has 0 aliphatic carbocycles. The number of rotatable bonds is 3. The topological polar surface area (TPSA) is 50.2 Å². The number of hydrogen-bond acceptors (Lipinski definition) is 3. The molecule has 1 aromatic rings. The first-order chi connectivity index (χ1) is 6.24. The second kappa shape index (κ2) is 4.40. The van der Waals surface area contributed by atoms with E-state index in [4.69, 9.17) is 5.41 Å². The highest BCUT2D eigenvalue weighted by Gasteiger charge is 2.08. The molecule has 0 heterocycles. The number of benzene rings is 1. The summed E-state index contributed by atoms with van der Waals surface area (Å²) in [6.45, 7) is 0. The number of carbonyl (C=O) groups is 1. The summed E-state index contributed by atoms with van der Waals surface area (Å²) in [5.74, 6) is -0.566. The predicted molar refractivity (Wildman–Crippen MR) is 49.9 cm³/mol. The Hall–Kier alpha value is -1.64. The van der Waals surface area contributed by atoms with E-state index >= 15 is 0 Å². The lowest BCUT2D eigenvalue weighted by atomic mass is 10.1.